The maximum absolute atomic E-state index is 12.2. The maximum atomic E-state index is 12.2. The molecule has 1 atom stereocenters. The molecule has 102 valence electrons. The van der Waals surface area contributed by atoms with Gasteiger partial charge in [-0.05, 0) is 30.0 Å². The zero-order chi connectivity index (χ0) is 14.0. The lowest BCUT2D eigenvalue weighted by Gasteiger charge is -2.14. The third kappa shape index (κ3) is 3.35. The number of imide groups is 1. The molecule has 1 aromatic rings. The van der Waals surface area contributed by atoms with Crippen molar-refractivity contribution < 1.29 is 9.59 Å². The fraction of sp³-hybridized carbons (Fsp3) is 0.429. The molecule has 0 aromatic heterocycles. The van der Waals surface area contributed by atoms with Gasteiger partial charge in [-0.15, -0.1) is 0 Å². The number of carbonyl (C=O) groups excluding carboxylic acids is 2. The lowest BCUT2D eigenvalue weighted by atomic mass is 10.0. The van der Waals surface area contributed by atoms with Gasteiger partial charge in [0, 0.05) is 4.47 Å². The lowest BCUT2D eigenvalue weighted by Crippen LogP contribution is -2.31. The number of rotatable bonds is 4. The second-order valence-corrected chi connectivity index (χ2v) is 6.10. The highest BCUT2D eigenvalue weighted by atomic mass is 79.9. The van der Waals surface area contributed by atoms with E-state index in [1.165, 1.54) is 4.90 Å². The fourth-order valence-electron chi connectivity index (χ4n) is 2.18. The molecule has 1 heterocycles. The Bertz CT molecular complexity index is 502. The van der Waals surface area contributed by atoms with Gasteiger partial charge in [0.2, 0.25) is 0 Å². The Morgan fingerprint density at radius 3 is 2.74 bits per heavy atom. The van der Waals surface area contributed by atoms with Gasteiger partial charge in [0.1, 0.15) is 6.04 Å². The second kappa shape index (κ2) is 5.74. The Morgan fingerprint density at radius 2 is 2.11 bits per heavy atom. The largest absolute Gasteiger partial charge is 0.326 e. The van der Waals surface area contributed by atoms with Crippen molar-refractivity contribution in [2.75, 3.05) is 0 Å². The van der Waals surface area contributed by atoms with E-state index in [4.69, 9.17) is 0 Å². The molecule has 2 rings (SSSR count). The zero-order valence-electron chi connectivity index (χ0n) is 11.0. The third-order valence-electron chi connectivity index (χ3n) is 3.04. The van der Waals surface area contributed by atoms with Gasteiger partial charge in [-0.2, -0.15) is 0 Å². The van der Waals surface area contributed by atoms with E-state index < -0.39 is 0 Å². The van der Waals surface area contributed by atoms with E-state index in [9.17, 15) is 9.59 Å². The van der Waals surface area contributed by atoms with Crippen LogP contribution in [-0.2, 0) is 11.3 Å². The lowest BCUT2D eigenvalue weighted by molar-refractivity contribution is -0.128. The molecule has 1 aromatic carbocycles. The van der Waals surface area contributed by atoms with Crippen LogP contribution >= 0.6 is 15.9 Å². The highest BCUT2D eigenvalue weighted by molar-refractivity contribution is 9.10. The number of urea groups is 1. The first-order chi connectivity index (χ1) is 8.97. The number of benzene rings is 1. The van der Waals surface area contributed by atoms with E-state index in [-0.39, 0.29) is 18.0 Å². The normalized spacial score (nSPS) is 19.2. The van der Waals surface area contributed by atoms with Crippen molar-refractivity contribution >= 4 is 27.9 Å². The molecule has 4 nitrogen and oxygen atoms in total. The predicted octanol–water partition coefficient (Wildman–Crippen LogP) is 2.92. The Labute approximate surface area is 121 Å². The first kappa shape index (κ1) is 14.1. The summed E-state index contributed by atoms with van der Waals surface area (Å²) in [4.78, 5) is 25.3. The van der Waals surface area contributed by atoms with Crippen LogP contribution in [0.4, 0.5) is 4.79 Å². The van der Waals surface area contributed by atoms with Crippen molar-refractivity contribution in [1.82, 2.24) is 10.2 Å². The molecular formula is C14H17BrN2O2. The molecule has 0 radical (unpaired) electrons. The van der Waals surface area contributed by atoms with E-state index in [2.05, 4.69) is 21.2 Å². The highest BCUT2D eigenvalue weighted by Crippen LogP contribution is 2.18. The molecule has 1 aliphatic rings. The number of hydrogen-bond acceptors (Lipinski definition) is 2. The number of nitrogens with zero attached hydrogens (tertiary/aromatic N) is 1. The summed E-state index contributed by atoms with van der Waals surface area (Å²) in [6.07, 6.45) is 0.680. The summed E-state index contributed by atoms with van der Waals surface area (Å²) in [6.45, 7) is 4.39. The minimum Gasteiger partial charge on any atom is -0.326 e. The summed E-state index contributed by atoms with van der Waals surface area (Å²) in [5, 5.41) is 2.75. The summed E-state index contributed by atoms with van der Waals surface area (Å²) in [6, 6.07) is 6.95. The first-order valence-corrected chi connectivity index (χ1v) is 7.13. The summed E-state index contributed by atoms with van der Waals surface area (Å²) in [5.41, 5.74) is 0.933. The Morgan fingerprint density at radius 1 is 1.37 bits per heavy atom. The Balaban J connectivity index is 2.08. The molecule has 0 unspecified atom stereocenters. The molecule has 0 bridgehead atoms. The standard InChI is InChI=1S/C14H17BrN2O2/c1-9(2)6-12-13(18)17(14(19)16-12)8-10-4-3-5-11(15)7-10/h3-5,7,9,12H,6,8H2,1-2H3,(H,16,19)/t12-/m1/s1. The van der Waals surface area contributed by atoms with E-state index in [1.807, 2.05) is 38.1 Å². The molecule has 1 fully saturated rings. The van der Waals surface area contributed by atoms with Gasteiger partial charge < -0.3 is 5.32 Å². The summed E-state index contributed by atoms with van der Waals surface area (Å²) in [5.74, 6) is 0.249. The maximum Gasteiger partial charge on any atom is 0.325 e. The van der Waals surface area contributed by atoms with Crippen molar-refractivity contribution in [3.05, 3.63) is 34.3 Å². The van der Waals surface area contributed by atoms with E-state index in [1.54, 1.807) is 0 Å². The zero-order valence-corrected chi connectivity index (χ0v) is 12.6. The van der Waals surface area contributed by atoms with Crippen LogP contribution in [0.1, 0.15) is 25.8 Å². The van der Waals surface area contributed by atoms with Gasteiger partial charge in [0.05, 0.1) is 6.54 Å². The number of halogens is 1. The molecule has 19 heavy (non-hydrogen) atoms. The molecule has 1 saturated heterocycles. The highest BCUT2D eigenvalue weighted by Gasteiger charge is 2.37. The Kier molecular flexibility index (Phi) is 4.24. The first-order valence-electron chi connectivity index (χ1n) is 6.33. The van der Waals surface area contributed by atoms with Crippen LogP contribution in [0.2, 0.25) is 0 Å². The van der Waals surface area contributed by atoms with Crippen LogP contribution in [0, 0.1) is 5.92 Å². The third-order valence-corrected chi connectivity index (χ3v) is 3.54. The van der Waals surface area contributed by atoms with E-state index >= 15 is 0 Å². The summed E-state index contributed by atoms with van der Waals surface area (Å²) in [7, 11) is 0. The van der Waals surface area contributed by atoms with Gasteiger partial charge in [0.25, 0.3) is 5.91 Å². The number of amides is 3. The van der Waals surface area contributed by atoms with Crippen molar-refractivity contribution in [1.29, 1.82) is 0 Å². The SMILES string of the molecule is CC(C)C[C@H]1NC(=O)N(Cc2cccc(Br)c2)C1=O. The molecule has 0 aliphatic carbocycles. The molecule has 0 saturated carbocycles. The topological polar surface area (TPSA) is 49.4 Å². The molecule has 1 aliphatic heterocycles. The molecule has 0 spiro atoms. The van der Waals surface area contributed by atoms with Gasteiger partial charge in [-0.25, -0.2) is 4.79 Å². The average Bonchev–Trinajstić information content (AvgIpc) is 2.56. The van der Waals surface area contributed by atoms with Crippen molar-refractivity contribution in [3.63, 3.8) is 0 Å². The van der Waals surface area contributed by atoms with Crippen LogP contribution in [0.5, 0.6) is 0 Å². The van der Waals surface area contributed by atoms with Crippen molar-refractivity contribution in [3.8, 4) is 0 Å². The van der Waals surface area contributed by atoms with Crippen LogP contribution in [-0.4, -0.2) is 22.9 Å². The molecule has 3 amide bonds. The average molecular weight is 325 g/mol. The van der Waals surface area contributed by atoms with Crippen molar-refractivity contribution in [2.45, 2.75) is 32.9 Å². The van der Waals surface area contributed by atoms with Crippen LogP contribution in [0.3, 0.4) is 0 Å². The minimum absolute atomic E-state index is 0.126. The number of hydrogen-bond donors (Lipinski definition) is 1. The van der Waals surface area contributed by atoms with E-state index in [0.717, 1.165) is 10.0 Å². The molecular weight excluding hydrogens is 308 g/mol. The summed E-state index contributed by atoms with van der Waals surface area (Å²) >= 11 is 3.38. The number of nitrogens with one attached hydrogen (secondary N) is 1. The van der Waals surface area contributed by atoms with E-state index in [0.29, 0.717) is 18.9 Å². The smallest absolute Gasteiger partial charge is 0.325 e. The molecule has 5 heteroatoms. The van der Waals surface area contributed by atoms with Gasteiger partial charge >= 0.3 is 6.03 Å². The van der Waals surface area contributed by atoms with Gasteiger partial charge in [-0.1, -0.05) is 41.9 Å². The van der Waals surface area contributed by atoms with Crippen LogP contribution in [0.15, 0.2) is 28.7 Å². The molecule has 1 N–H and O–H groups in total. The summed E-state index contributed by atoms with van der Waals surface area (Å²) < 4.78 is 0.941. The number of carbonyl (C=O) groups is 2. The predicted molar refractivity (Wildman–Crippen MR) is 76.5 cm³/mol. The second-order valence-electron chi connectivity index (χ2n) is 5.19. The fourth-order valence-corrected chi connectivity index (χ4v) is 2.62. The van der Waals surface area contributed by atoms with Gasteiger partial charge in [-0.3, -0.25) is 9.69 Å². The quantitative estimate of drug-likeness (QED) is 0.866. The van der Waals surface area contributed by atoms with Crippen LogP contribution in [0.25, 0.3) is 0 Å². The van der Waals surface area contributed by atoms with Crippen molar-refractivity contribution in [2.24, 2.45) is 5.92 Å². The van der Waals surface area contributed by atoms with Crippen LogP contribution < -0.4 is 5.32 Å². The van der Waals surface area contributed by atoms with Gasteiger partial charge in [0.15, 0.2) is 0 Å². The minimum atomic E-state index is -0.375. The monoisotopic (exact) mass is 324 g/mol. The Hall–Kier alpha value is -1.36.